The van der Waals surface area contributed by atoms with Crippen molar-refractivity contribution in [2.45, 2.75) is 0 Å². The lowest BCUT2D eigenvalue weighted by molar-refractivity contribution is 0.0736. The number of nitrogens with one attached hydrogen (secondary N) is 2. The maximum atomic E-state index is 13.8. The minimum Gasteiger partial charge on any atom is -0.494 e. The van der Waals surface area contributed by atoms with E-state index in [9.17, 15) is 9.18 Å². The maximum absolute atomic E-state index is 13.8. The molecule has 4 aromatic rings. The van der Waals surface area contributed by atoms with Crippen LogP contribution in [-0.4, -0.2) is 59.0 Å². The molecule has 5 rings (SSSR count). The highest BCUT2D eigenvalue weighted by molar-refractivity contribution is 5.95. The van der Waals surface area contributed by atoms with Gasteiger partial charge in [0.2, 0.25) is 0 Å². The third-order valence-electron chi connectivity index (χ3n) is 5.73. The van der Waals surface area contributed by atoms with Gasteiger partial charge in [0.05, 0.1) is 18.3 Å². The summed E-state index contributed by atoms with van der Waals surface area (Å²) in [6.45, 7) is 3.05. The lowest BCUT2D eigenvalue weighted by Gasteiger charge is -2.27. The van der Waals surface area contributed by atoms with E-state index >= 15 is 0 Å². The summed E-state index contributed by atoms with van der Waals surface area (Å²) < 4.78 is 18.8. The lowest BCUT2D eigenvalue weighted by atomic mass is 10.1. The van der Waals surface area contributed by atoms with Gasteiger partial charge in [-0.05, 0) is 36.4 Å². The molecule has 1 amide bonds. The molecule has 2 aromatic heterocycles. The summed E-state index contributed by atoms with van der Waals surface area (Å²) >= 11 is 0. The lowest BCUT2D eigenvalue weighted by Crippen LogP contribution is -2.46. The summed E-state index contributed by atoms with van der Waals surface area (Å²) in [6, 6.07) is 15.7. The second-order valence-corrected chi connectivity index (χ2v) is 7.88. The summed E-state index contributed by atoms with van der Waals surface area (Å²) in [5.74, 6) is 0.215. The van der Waals surface area contributed by atoms with E-state index in [4.69, 9.17) is 9.72 Å². The van der Waals surface area contributed by atoms with Crippen LogP contribution in [0.1, 0.15) is 10.4 Å². The molecule has 0 radical (unpaired) electrons. The number of rotatable bonds is 5. The van der Waals surface area contributed by atoms with E-state index in [1.54, 1.807) is 12.1 Å². The number of benzene rings is 2. The standard InChI is InChI=1S/C25H23FN6O2/c1-34-22-14-18(6-7-19(22)26)30-24-23-21(28-15-29-24)9-8-20(31-23)16-2-4-17(5-3-16)25(33)32-12-10-27-11-13-32/h2-9,14-15,27H,10-13H2,1H3,(H,28,29,30). The van der Waals surface area contributed by atoms with Gasteiger partial charge in [0.15, 0.2) is 17.4 Å². The van der Waals surface area contributed by atoms with E-state index in [1.807, 2.05) is 41.3 Å². The topological polar surface area (TPSA) is 92.3 Å². The quantitative estimate of drug-likeness (QED) is 0.472. The van der Waals surface area contributed by atoms with Gasteiger partial charge in [-0.2, -0.15) is 0 Å². The van der Waals surface area contributed by atoms with Gasteiger partial charge in [-0.3, -0.25) is 4.79 Å². The average Bonchev–Trinajstić information content (AvgIpc) is 2.90. The van der Waals surface area contributed by atoms with Crippen molar-refractivity contribution < 1.29 is 13.9 Å². The predicted octanol–water partition coefficient (Wildman–Crippen LogP) is 3.63. The van der Waals surface area contributed by atoms with Gasteiger partial charge >= 0.3 is 0 Å². The van der Waals surface area contributed by atoms with Crippen molar-refractivity contribution in [3.63, 3.8) is 0 Å². The number of methoxy groups -OCH3 is 1. The van der Waals surface area contributed by atoms with Gasteiger partial charge in [0.25, 0.3) is 5.91 Å². The van der Waals surface area contributed by atoms with E-state index in [1.165, 1.54) is 19.5 Å². The number of halogens is 1. The minimum atomic E-state index is -0.445. The van der Waals surface area contributed by atoms with Gasteiger partial charge in [0, 0.05) is 49.1 Å². The number of ether oxygens (including phenoxy) is 1. The Morgan fingerprint density at radius 3 is 2.62 bits per heavy atom. The van der Waals surface area contributed by atoms with Gasteiger partial charge in [-0.25, -0.2) is 19.3 Å². The van der Waals surface area contributed by atoms with E-state index in [2.05, 4.69) is 20.6 Å². The van der Waals surface area contributed by atoms with Crippen molar-refractivity contribution in [2.75, 3.05) is 38.6 Å². The number of nitrogens with zero attached hydrogens (tertiary/aromatic N) is 4. The molecule has 34 heavy (non-hydrogen) atoms. The largest absolute Gasteiger partial charge is 0.494 e. The highest BCUT2D eigenvalue weighted by Gasteiger charge is 2.18. The summed E-state index contributed by atoms with van der Waals surface area (Å²) in [6.07, 6.45) is 1.45. The van der Waals surface area contributed by atoms with Crippen LogP contribution in [0.25, 0.3) is 22.3 Å². The molecule has 0 aliphatic carbocycles. The summed E-state index contributed by atoms with van der Waals surface area (Å²) in [7, 11) is 1.42. The van der Waals surface area contributed by atoms with Gasteiger partial charge in [0.1, 0.15) is 11.8 Å². The number of carbonyl (C=O) groups excluding carboxylic acids is 1. The Bertz CT molecular complexity index is 1340. The molecule has 1 fully saturated rings. The minimum absolute atomic E-state index is 0.0362. The second-order valence-electron chi connectivity index (χ2n) is 7.88. The Morgan fingerprint density at radius 2 is 1.85 bits per heavy atom. The van der Waals surface area contributed by atoms with E-state index in [0.29, 0.717) is 41.2 Å². The molecule has 0 atom stereocenters. The van der Waals surface area contributed by atoms with Crippen LogP contribution in [0.4, 0.5) is 15.9 Å². The molecule has 172 valence electrons. The Hall–Kier alpha value is -4.11. The number of carbonyl (C=O) groups is 1. The van der Waals surface area contributed by atoms with Crippen molar-refractivity contribution in [2.24, 2.45) is 0 Å². The Balaban J connectivity index is 1.43. The Morgan fingerprint density at radius 1 is 1.06 bits per heavy atom. The summed E-state index contributed by atoms with van der Waals surface area (Å²) in [5.41, 5.74) is 4.11. The predicted molar refractivity (Wildman–Crippen MR) is 128 cm³/mol. The fraction of sp³-hybridized carbons (Fsp3) is 0.200. The van der Waals surface area contributed by atoms with Crippen molar-refractivity contribution >= 4 is 28.4 Å². The molecular formula is C25H23FN6O2. The molecule has 2 N–H and O–H groups in total. The molecule has 9 heteroatoms. The molecule has 0 bridgehead atoms. The molecule has 3 heterocycles. The highest BCUT2D eigenvalue weighted by Crippen LogP contribution is 2.28. The number of anilines is 2. The van der Waals surface area contributed by atoms with Crippen LogP contribution < -0.4 is 15.4 Å². The van der Waals surface area contributed by atoms with Crippen LogP contribution >= 0.6 is 0 Å². The van der Waals surface area contributed by atoms with Crippen molar-refractivity contribution in [3.05, 3.63) is 72.3 Å². The SMILES string of the molecule is COc1cc(Nc2ncnc3ccc(-c4ccc(C(=O)N5CCNCC5)cc4)nc23)ccc1F. The van der Waals surface area contributed by atoms with Gasteiger partial charge < -0.3 is 20.3 Å². The van der Waals surface area contributed by atoms with Crippen LogP contribution in [0, 0.1) is 5.82 Å². The zero-order valence-electron chi connectivity index (χ0n) is 18.6. The number of aromatic nitrogens is 3. The molecule has 0 spiro atoms. The van der Waals surface area contributed by atoms with Crippen LogP contribution in [0.15, 0.2) is 60.9 Å². The molecule has 8 nitrogen and oxygen atoms in total. The van der Waals surface area contributed by atoms with Crippen LogP contribution in [0.2, 0.25) is 0 Å². The molecule has 0 unspecified atom stereocenters. The smallest absolute Gasteiger partial charge is 0.253 e. The molecular weight excluding hydrogens is 435 g/mol. The van der Waals surface area contributed by atoms with Gasteiger partial charge in [-0.1, -0.05) is 12.1 Å². The molecule has 1 aliphatic heterocycles. The van der Waals surface area contributed by atoms with Gasteiger partial charge in [-0.15, -0.1) is 0 Å². The third-order valence-corrected chi connectivity index (χ3v) is 5.73. The monoisotopic (exact) mass is 458 g/mol. The number of hydrogen-bond acceptors (Lipinski definition) is 7. The molecule has 2 aromatic carbocycles. The number of amides is 1. The highest BCUT2D eigenvalue weighted by atomic mass is 19.1. The third kappa shape index (κ3) is 4.38. The van der Waals surface area contributed by atoms with E-state index in [-0.39, 0.29) is 11.7 Å². The van der Waals surface area contributed by atoms with E-state index in [0.717, 1.165) is 24.3 Å². The second kappa shape index (κ2) is 9.40. The van der Waals surface area contributed by atoms with Crippen LogP contribution in [-0.2, 0) is 0 Å². The van der Waals surface area contributed by atoms with Crippen LogP contribution in [0.3, 0.4) is 0 Å². The maximum Gasteiger partial charge on any atom is 0.253 e. The fourth-order valence-corrected chi connectivity index (χ4v) is 3.90. The number of fused-ring (bicyclic) bond motifs is 1. The van der Waals surface area contributed by atoms with Crippen molar-refractivity contribution in [3.8, 4) is 17.0 Å². The number of piperazine rings is 1. The first-order valence-corrected chi connectivity index (χ1v) is 10.9. The normalized spacial score (nSPS) is 13.6. The summed E-state index contributed by atoms with van der Waals surface area (Å²) in [4.78, 5) is 28.0. The molecule has 0 saturated carbocycles. The van der Waals surface area contributed by atoms with E-state index < -0.39 is 5.82 Å². The van der Waals surface area contributed by atoms with Crippen LogP contribution in [0.5, 0.6) is 5.75 Å². The first-order valence-electron chi connectivity index (χ1n) is 10.9. The first kappa shape index (κ1) is 21.7. The molecule has 1 saturated heterocycles. The zero-order chi connectivity index (χ0) is 23.5. The van der Waals surface area contributed by atoms with Crippen molar-refractivity contribution in [1.82, 2.24) is 25.2 Å². The number of pyridine rings is 1. The van der Waals surface area contributed by atoms with Crippen molar-refractivity contribution in [1.29, 1.82) is 0 Å². The average molecular weight is 458 g/mol. The summed E-state index contributed by atoms with van der Waals surface area (Å²) in [5, 5.41) is 6.43. The Kier molecular flexibility index (Phi) is 6.01. The fourth-order valence-electron chi connectivity index (χ4n) is 3.90. The number of hydrogen-bond donors (Lipinski definition) is 2. The Labute approximate surface area is 195 Å². The molecule has 1 aliphatic rings. The first-order chi connectivity index (χ1) is 16.6. The zero-order valence-corrected chi connectivity index (χ0v) is 18.6.